The number of carboxylic acid groups (broad SMARTS) is 4. The monoisotopic (exact) mass is 360 g/mol. The van der Waals surface area contributed by atoms with Crippen LogP contribution < -0.4 is 20.4 Å². The minimum atomic E-state index is -0.961. The number of hydrogen-bond donors (Lipinski definition) is 0. The molecular formula is C17H28O8. The van der Waals surface area contributed by atoms with E-state index >= 15 is 0 Å². The fraction of sp³-hybridized carbons (Fsp3) is 0.706. The van der Waals surface area contributed by atoms with Gasteiger partial charge >= 0.3 is 7.43 Å². The first kappa shape index (κ1) is 34.3. The second kappa shape index (κ2) is 29.8. The second-order valence-electron chi connectivity index (χ2n) is 4.49. The van der Waals surface area contributed by atoms with E-state index in [2.05, 4.69) is 0 Å². The van der Waals surface area contributed by atoms with Crippen molar-refractivity contribution in [3.8, 4) is 0 Å². The summed E-state index contributed by atoms with van der Waals surface area (Å²) in [5, 5.41) is 38.0. The molecule has 0 rings (SSSR count). The van der Waals surface area contributed by atoms with Gasteiger partial charge in [-0.05, 0) is 25.7 Å². The summed E-state index contributed by atoms with van der Waals surface area (Å²) in [5.41, 5.74) is 0. The van der Waals surface area contributed by atoms with Gasteiger partial charge in [-0.1, -0.05) is 53.4 Å². The Labute approximate surface area is 150 Å². The SMILES string of the molecule is CCCC(=O)[O-].CCCC(=O)[O-].CCCC(=O)[O-].CCCC(=O)[O-].[C+4]. The number of hydrogen-bond acceptors (Lipinski definition) is 8. The van der Waals surface area contributed by atoms with Crippen molar-refractivity contribution in [1.82, 2.24) is 0 Å². The summed E-state index contributed by atoms with van der Waals surface area (Å²) in [5.74, 6) is -3.84. The van der Waals surface area contributed by atoms with E-state index in [-0.39, 0.29) is 33.1 Å². The summed E-state index contributed by atoms with van der Waals surface area (Å²) in [6.45, 7) is 7.21. The predicted octanol–water partition coefficient (Wildman–Crippen LogP) is -1.77. The van der Waals surface area contributed by atoms with Crippen LogP contribution in [0.3, 0.4) is 0 Å². The third-order valence-electron chi connectivity index (χ3n) is 1.82. The van der Waals surface area contributed by atoms with Crippen molar-refractivity contribution in [2.75, 3.05) is 0 Å². The minimum Gasteiger partial charge on any atom is -0.550 e. The Bertz CT molecular complexity index is 263. The number of carboxylic acids is 4. The van der Waals surface area contributed by atoms with Gasteiger partial charge in [-0.15, -0.1) is 0 Å². The van der Waals surface area contributed by atoms with Gasteiger partial charge in [-0.3, -0.25) is 0 Å². The third-order valence-corrected chi connectivity index (χ3v) is 1.82. The summed E-state index contributed by atoms with van der Waals surface area (Å²) in [7, 11) is 0. The van der Waals surface area contributed by atoms with Crippen LogP contribution in [0.2, 0.25) is 0 Å². The Kier molecular flexibility index (Phi) is 40.9. The van der Waals surface area contributed by atoms with Crippen molar-refractivity contribution in [2.24, 2.45) is 0 Å². The van der Waals surface area contributed by atoms with Crippen LogP contribution in [0.5, 0.6) is 0 Å². The van der Waals surface area contributed by atoms with Crippen molar-refractivity contribution < 1.29 is 39.6 Å². The van der Waals surface area contributed by atoms with Gasteiger partial charge in [0, 0.05) is 23.9 Å². The van der Waals surface area contributed by atoms with E-state index < -0.39 is 23.9 Å². The maximum absolute atomic E-state index is 9.49. The molecule has 0 atom stereocenters. The molecule has 0 saturated heterocycles. The van der Waals surface area contributed by atoms with Gasteiger partial charge in [-0.25, -0.2) is 0 Å². The molecule has 0 unspecified atom stereocenters. The molecule has 0 aliphatic heterocycles. The van der Waals surface area contributed by atoms with Gasteiger partial charge in [0.05, 0.1) is 0 Å². The maximum Gasteiger partial charge on any atom is 4.00 e. The number of carbonyl (C=O) groups is 4. The summed E-state index contributed by atoms with van der Waals surface area (Å²) in [6.07, 6.45) is 3.40. The number of rotatable bonds is 8. The van der Waals surface area contributed by atoms with Crippen LogP contribution in [0, 0.1) is 7.43 Å². The molecule has 0 amide bonds. The molecule has 0 aliphatic rings. The van der Waals surface area contributed by atoms with E-state index in [9.17, 15) is 39.6 Å². The molecule has 0 bridgehead atoms. The van der Waals surface area contributed by atoms with E-state index in [1.165, 1.54) is 0 Å². The summed E-state index contributed by atoms with van der Waals surface area (Å²) in [6, 6.07) is 0. The van der Waals surface area contributed by atoms with E-state index in [1.54, 1.807) is 27.7 Å². The zero-order chi connectivity index (χ0) is 20.0. The van der Waals surface area contributed by atoms with Gasteiger partial charge in [0.25, 0.3) is 0 Å². The van der Waals surface area contributed by atoms with Gasteiger partial charge in [-0.2, -0.15) is 0 Å². The first-order valence-electron chi connectivity index (χ1n) is 7.88. The van der Waals surface area contributed by atoms with Crippen LogP contribution in [0.25, 0.3) is 0 Å². The van der Waals surface area contributed by atoms with Crippen LogP contribution in [0.15, 0.2) is 0 Å². The molecule has 25 heavy (non-hydrogen) atoms. The molecule has 0 aromatic carbocycles. The Morgan fingerprint density at radius 2 is 0.600 bits per heavy atom. The Morgan fingerprint density at radius 3 is 0.600 bits per heavy atom. The predicted molar refractivity (Wildman–Crippen MR) is 82.9 cm³/mol. The van der Waals surface area contributed by atoms with E-state index in [4.69, 9.17) is 0 Å². The largest absolute Gasteiger partial charge is 4.00 e. The molecule has 0 spiro atoms. The Balaban J connectivity index is -0.0000000702. The maximum atomic E-state index is 9.49. The van der Waals surface area contributed by atoms with Gasteiger partial charge < -0.3 is 39.6 Å². The number of aliphatic carboxylic acids is 4. The number of carbonyl (C=O) groups excluding carboxylic acids is 4. The molecule has 0 N–H and O–H groups in total. The standard InChI is InChI=1S/4C4H8O2.C/c4*1-2-3-4(5)6;/h4*2-3H2,1H3,(H,5,6);/q;;;;+4/p-4. The Hall–Kier alpha value is -2.12. The molecule has 8 heteroatoms. The third kappa shape index (κ3) is 88.6. The van der Waals surface area contributed by atoms with Crippen molar-refractivity contribution in [3.05, 3.63) is 7.43 Å². The van der Waals surface area contributed by atoms with Gasteiger partial charge in [0.1, 0.15) is 0 Å². The summed E-state index contributed by atoms with van der Waals surface area (Å²) < 4.78 is 0. The van der Waals surface area contributed by atoms with Crippen molar-refractivity contribution >= 4 is 23.9 Å². The molecule has 0 fully saturated rings. The molecule has 144 valence electrons. The summed E-state index contributed by atoms with van der Waals surface area (Å²) in [4.78, 5) is 38.0. The molecule has 0 aromatic heterocycles. The fourth-order valence-electron chi connectivity index (χ4n) is 0.816. The van der Waals surface area contributed by atoms with Crippen LogP contribution in [0.1, 0.15) is 79.1 Å². The average Bonchev–Trinajstić information content (AvgIpc) is 2.39. The molecule has 8 nitrogen and oxygen atoms in total. The van der Waals surface area contributed by atoms with Gasteiger partial charge in [0.2, 0.25) is 0 Å². The van der Waals surface area contributed by atoms with E-state index in [0.717, 1.165) is 0 Å². The summed E-state index contributed by atoms with van der Waals surface area (Å²) >= 11 is 0. The first-order chi connectivity index (χ1) is 11.1. The van der Waals surface area contributed by atoms with Crippen molar-refractivity contribution in [2.45, 2.75) is 79.1 Å². The van der Waals surface area contributed by atoms with Crippen LogP contribution in [-0.4, -0.2) is 23.9 Å². The zero-order valence-corrected chi connectivity index (χ0v) is 15.4. The van der Waals surface area contributed by atoms with E-state index in [1.807, 2.05) is 0 Å². The molecule has 0 heterocycles. The normalized spacial score (nSPS) is 7.84. The van der Waals surface area contributed by atoms with Crippen molar-refractivity contribution in [1.29, 1.82) is 0 Å². The average molecular weight is 360 g/mol. The first-order valence-corrected chi connectivity index (χ1v) is 7.88. The van der Waals surface area contributed by atoms with Gasteiger partial charge in [0.15, 0.2) is 0 Å². The smallest absolute Gasteiger partial charge is 0.550 e. The Morgan fingerprint density at radius 1 is 0.480 bits per heavy atom. The van der Waals surface area contributed by atoms with Crippen LogP contribution >= 0.6 is 0 Å². The molecule has 0 aliphatic carbocycles. The molecule has 0 saturated carbocycles. The molecular weight excluding hydrogens is 332 g/mol. The minimum absolute atomic E-state index is 0. The second-order valence-corrected chi connectivity index (χ2v) is 4.49. The van der Waals surface area contributed by atoms with Crippen LogP contribution in [-0.2, 0) is 19.2 Å². The zero-order valence-electron chi connectivity index (χ0n) is 15.4. The quantitative estimate of drug-likeness (QED) is 0.491. The molecule has 0 aromatic rings. The molecule has 0 radical (unpaired) electrons. The fourth-order valence-corrected chi connectivity index (χ4v) is 0.816. The van der Waals surface area contributed by atoms with Crippen molar-refractivity contribution in [3.63, 3.8) is 0 Å². The topological polar surface area (TPSA) is 161 Å². The van der Waals surface area contributed by atoms with E-state index in [0.29, 0.717) is 25.7 Å². The van der Waals surface area contributed by atoms with Crippen LogP contribution in [0.4, 0.5) is 0 Å².